The van der Waals surface area contributed by atoms with Crippen LogP contribution in [0.25, 0.3) is 10.2 Å². The highest BCUT2D eigenvalue weighted by Gasteiger charge is 2.34. The van der Waals surface area contributed by atoms with E-state index in [1.54, 1.807) is 9.58 Å². The summed E-state index contributed by atoms with van der Waals surface area (Å²) >= 11 is 1.42. The molecule has 1 amide bonds. The van der Waals surface area contributed by atoms with Gasteiger partial charge in [-0.1, -0.05) is 0 Å². The number of hydrogen-bond acceptors (Lipinski definition) is 5. The Labute approximate surface area is 132 Å². The van der Waals surface area contributed by atoms with Crippen molar-refractivity contribution in [3.8, 4) is 0 Å². The Morgan fingerprint density at radius 1 is 1.41 bits per heavy atom. The summed E-state index contributed by atoms with van der Waals surface area (Å²) in [5, 5.41) is 5.35. The number of ether oxygens (including phenoxy) is 1. The average molecular weight is 321 g/mol. The monoisotopic (exact) mass is 321 g/mol. The maximum Gasteiger partial charge on any atom is 0.328 e. The highest BCUT2D eigenvalue weighted by molar-refractivity contribution is 7.20. The predicted octanol–water partition coefficient (Wildman–Crippen LogP) is 2.11. The maximum absolute atomic E-state index is 12.8. The smallest absolute Gasteiger partial charge is 0.328 e. The van der Waals surface area contributed by atoms with E-state index in [4.69, 9.17) is 4.74 Å². The van der Waals surface area contributed by atoms with Gasteiger partial charge in [-0.3, -0.25) is 9.48 Å². The normalized spacial score (nSPS) is 18.7. The van der Waals surface area contributed by atoms with Crippen LogP contribution in [0.2, 0.25) is 0 Å². The molecule has 7 heteroatoms. The van der Waals surface area contributed by atoms with Crippen molar-refractivity contribution in [2.75, 3.05) is 13.7 Å². The van der Waals surface area contributed by atoms with E-state index in [2.05, 4.69) is 5.10 Å². The van der Waals surface area contributed by atoms with Gasteiger partial charge < -0.3 is 9.64 Å². The van der Waals surface area contributed by atoms with Crippen molar-refractivity contribution >= 4 is 33.4 Å². The minimum Gasteiger partial charge on any atom is -0.467 e. The summed E-state index contributed by atoms with van der Waals surface area (Å²) in [7, 11) is 3.24. The molecule has 2 aromatic heterocycles. The zero-order chi connectivity index (χ0) is 15.9. The van der Waals surface area contributed by atoms with Crippen molar-refractivity contribution in [1.82, 2.24) is 14.7 Å². The fourth-order valence-electron chi connectivity index (χ4n) is 3.01. The Bertz CT molecular complexity index is 699. The van der Waals surface area contributed by atoms with Crippen molar-refractivity contribution in [3.63, 3.8) is 0 Å². The first-order chi connectivity index (χ1) is 10.5. The number of carbonyl (C=O) groups is 2. The van der Waals surface area contributed by atoms with Gasteiger partial charge in [0.15, 0.2) is 0 Å². The Morgan fingerprint density at radius 3 is 2.86 bits per heavy atom. The summed E-state index contributed by atoms with van der Waals surface area (Å²) < 4.78 is 6.64. The Kier molecular flexibility index (Phi) is 3.90. The lowest BCUT2D eigenvalue weighted by Crippen LogP contribution is -2.48. The van der Waals surface area contributed by atoms with Crippen molar-refractivity contribution in [3.05, 3.63) is 16.6 Å². The molecule has 1 aliphatic heterocycles. The van der Waals surface area contributed by atoms with Gasteiger partial charge in [0.25, 0.3) is 5.91 Å². The molecule has 1 aliphatic rings. The summed E-state index contributed by atoms with van der Waals surface area (Å²) in [5.41, 5.74) is 0.913. The van der Waals surface area contributed by atoms with Crippen LogP contribution in [0.5, 0.6) is 0 Å². The Balaban J connectivity index is 1.93. The molecule has 0 N–H and O–H groups in total. The molecule has 0 bridgehead atoms. The lowest BCUT2D eigenvalue weighted by molar-refractivity contribution is -0.147. The van der Waals surface area contributed by atoms with Gasteiger partial charge >= 0.3 is 5.97 Å². The van der Waals surface area contributed by atoms with Crippen LogP contribution in [-0.4, -0.2) is 46.3 Å². The first-order valence-corrected chi connectivity index (χ1v) is 8.16. The lowest BCUT2D eigenvalue weighted by Gasteiger charge is -2.33. The van der Waals surface area contributed by atoms with E-state index in [0.29, 0.717) is 17.8 Å². The number of hydrogen-bond donors (Lipinski definition) is 0. The number of aryl methyl sites for hydroxylation is 2. The van der Waals surface area contributed by atoms with Gasteiger partial charge in [-0.15, -0.1) is 11.3 Å². The van der Waals surface area contributed by atoms with E-state index >= 15 is 0 Å². The first-order valence-electron chi connectivity index (χ1n) is 7.35. The number of nitrogens with zero attached hydrogens (tertiary/aromatic N) is 3. The summed E-state index contributed by atoms with van der Waals surface area (Å²) in [4.78, 5) is 28.0. The minimum absolute atomic E-state index is 0.0873. The molecule has 3 heterocycles. The van der Waals surface area contributed by atoms with Gasteiger partial charge in [-0.2, -0.15) is 5.10 Å². The Hall–Kier alpha value is -1.89. The van der Waals surface area contributed by atoms with Crippen molar-refractivity contribution < 1.29 is 14.3 Å². The average Bonchev–Trinajstić information content (AvgIpc) is 3.08. The number of methoxy groups -OCH3 is 1. The zero-order valence-electron chi connectivity index (χ0n) is 13.0. The Morgan fingerprint density at radius 2 is 2.18 bits per heavy atom. The van der Waals surface area contributed by atoms with Crippen molar-refractivity contribution in [2.24, 2.45) is 7.05 Å². The fourth-order valence-corrected chi connectivity index (χ4v) is 4.09. The molecular weight excluding hydrogens is 302 g/mol. The lowest BCUT2D eigenvalue weighted by atomic mass is 10.0. The summed E-state index contributed by atoms with van der Waals surface area (Å²) in [5.74, 6) is -0.414. The van der Waals surface area contributed by atoms with Gasteiger partial charge in [0.05, 0.1) is 17.7 Å². The number of likely N-dealkylation sites (tertiary alicyclic amines) is 1. The van der Waals surface area contributed by atoms with Gasteiger partial charge in [0, 0.05) is 19.0 Å². The van der Waals surface area contributed by atoms with Gasteiger partial charge in [-0.05, 0) is 32.3 Å². The van der Waals surface area contributed by atoms with Gasteiger partial charge in [-0.25, -0.2) is 4.79 Å². The highest BCUT2D eigenvalue weighted by atomic mass is 32.1. The van der Waals surface area contributed by atoms with Crippen LogP contribution < -0.4 is 0 Å². The molecule has 0 aromatic carbocycles. The van der Waals surface area contributed by atoms with E-state index in [0.717, 1.165) is 28.8 Å². The number of amides is 1. The van der Waals surface area contributed by atoms with Gasteiger partial charge in [0.1, 0.15) is 10.9 Å². The number of rotatable bonds is 2. The SMILES string of the molecule is COC(=O)[C@@H]1CCCCN1C(=O)c1cc2c(C)nn(C)c2s1. The van der Waals surface area contributed by atoms with Crippen molar-refractivity contribution in [2.45, 2.75) is 32.2 Å². The molecular formula is C15H19N3O3S. The van der Waals surface area contributed by atoms with E-state index in [1.807, 2.05) is 20.0 Å². The van der Waals surface area contributed by atoms with Gasteiger partial charge in [0.2, 0.25) is 0 Å². The highest BCUT2D eigenvalue weighted by Crippen LogP contribution is 2.30. The van der Waals surface area contributed by atoms with Crippen LogP contribution in [0, 0.1) is 6.92 Å². The molecule has 0 spiro atoms. The third-order valence-corrected chi connectivity index (χ3v) is 5.33. The number of aromatic nitrogens is 2. The predicted molar refractivity (Wildman–Crippen MR) is 84.0 cm³/mol. The van der Waals surface area contributed by atoms with Crippen LogP contribution in [0.15, 0.2) is 6.07 Å². The standard InChI is InChI=1S/C15H19N3O3S/c1-9-10-8-12(22-14(10)17(2)16-9)13(19)18-7-5-4-6-11(18)15(20)21-3/h8,11H,4-7H2,1-3H3/t11-/m0/s1. The third kappa shape index (κ3) is 2.39. The number of thiophene rings is 1. The van der Waals surface area contributed by atoms with E-state index in [-0.39, 0.29) is 11.9 Å². The molecule has 3 rings (SSSR count). The second kappa shape index (κ2) is 5.72. The van der Waals surface area contributed by atoms with Crippen LogP contribution >= 0.6 is 11.3 Å². The molecule has 0 unspecified atom stereocenters. The third-order valence-electron chi connectivity index (χ3n) is 4.14. The molecule has 2 aromatic rings. The van der Waals surface area contributed by atoms with E-state index in [1.165, 1.54) is 18.4 Å². The summed E-state index contributed by atoms with van der Waals surface area (Å²) in [6.45, 7) is 2.53. The molecule has 1 fully saturated rings. The summed E-state index contributed by atoms with van der Waals surface area (Å²) in [6, 6.07) is 1.42. The van der Waals surface area contributed by atoms with Crippen LogP contribution in [0.3, 0.4) is 0 Å². The van der Waals surface area contributed by atoms with E-state index in [9.17, 15) is 9.59 Å². The molecule has 1 saturated heterocycles. The second-order valence-electron chi connectivity index (χ2n) is 5.57. The molecule has 22 heavy (non-hydrogen) atoms. The fraction of sp³-hybridized carbons (Fsp3) is 0.533. The molecule has 1 atom stereocenters. The van der Waals surface area contributed by atoms with Crippen LogP contribution in [-0.2, 0) is 16.6 Å². The zero-order valence-corrected chi connectivity index (χ0v) is 13.8. The molecule has 0 aliphatic carbocycles. The quantitative estimate of drug-likeness (QED) is 0.795. The molecule has 6 nitrogen and oxygen atoms in total. The second-order valence-corrected chi connectivity index (χ2v) is 6.60. The summed E-state index contributed by atoms with van der Waals surface area (Å²) in [6.07, 6.45) is 2.54. The van der Waals surface area contributed by atoms with E-state index < -0.39 is 6.04 Å². The largest absolute Gasteiger partial charge is 0.467 e. The minimum atomic E-state index is -0.462. The topological polar surface area (TPSA) is 64.4 Å². The number of piperidine rings is 1. The number of fused-ring (bicyclic) bond motifs is 1. The number of carbonyl (C=O) groups excluding carboxylic acids is 2. The maximum atomic E-state index is 12.8. The molecule has 118 valence electrons. The van der Waals surface area contributed by atoms with Crippen molar-refractivity contribution in [1.29, 1.82) is 0 Å². The van der Waals surface area contributed by atoms with Crippen LogP contribution in [0.1, 0.15) is 34.6 Å². The molecule has 0 radical (unpaired) electrons. The number of esters is 1. The van der Waals surface area contributed by atoms with Crippen LogP contribution in [0.4, 0.5) is 0 Å². The first kappa shape index (κ1) is 15.0. The molecule has 0 saturated carbocycles.